The fourth-order valence-corrected chi connectivity index (χ4v) is 4.67. The molecule has 1 N–H and O–H groups in total. The SMILES string of the molecule is CCOc1ccccc1S(=O)(=O)NC1CCC(Oc2nccnc2OC)CC1. The topological polar surface area (TPSA) is 99.6 Å². The molecule has 0 aliphatic heterocycles. The Morgan fingerprint density at radius 2 is 1.75 bits per heavy atom. The predicted molar refractivity (Wildman–Crippen MR) is 103 cm³/mol. The van der Waals surface area contributed by atoms with Crippen molar-refractivity contribution in [3.05, 3.63) is 36.7 Å². The lowest BCUT2D eigenvalue weighted by atomic mass is 9.94. The van der Waals surface area contributed by atoms with Gasteiger partial charge in [0.05, 0.1) is 13.7 Å². The van der Waals surface area contributed by atoms with Gasteiger partial charge in [-0.25, -0.2) is 23.1 Å². The first kappa shape index (κ1) is 20.3. The van der Waals surface area contributed by atoms with Gasteiger partial charge in [0.1, 0.15) is 16.7 Å². The Bertz CT molecular complexity index is 883. The van der Waals surface area contributed by atoms with Crippen LogP contribution in [0, 0.1) is 0 Å². The third kappa shape index (κ3) is 4.90. The van der Waals surface area contributed by atoms with Crippen LogP contribution in [-0.2, 0) is 10.0 Å². The number of para-hydroxylation sites is 1. The summed E-state index contributed by atoms with van der Waals surface area (Å²) in [5, 5.41) is 0. The second-order valence-corrected chi connectivity index (χ2v) is 8.15. The van der Waals surface area contributed by atoms with Crippen molar-refractivity contribution in [1.29, 1.82) is 0 Å². The van der Waals surface area contributed by atoms with Crippen molar-refractivity contribution in [2.75, 3.05) is 13.7 Å². The summed E-state index contributed by atoms with van der Waals surface area (Å²) in [6.45, 7) is 2.23. The van der Waals surface area contributed by atoms with Gasteiger partial charge >= 0.3 is 0 Å². The minimum absolute atomic E-state index is 0.0536. The van der Waals surface area contributed by atoms with E-state index in [2.05, 4.69) is 14.7 Å². The molecule has 3 rings (SSSR count). The van der Waals surface area contributed by atoms with E-state index in [0.29, 0.717) is 49.8 Å². The Labute approximate surface area is 165 Å². The molecule has 152 valence electrons. The van der Waals surface area contributed by atoms with Crippen LogP contribution in [0.5, 0.6) is 17.5 Å². The molecule has 0 saturated heterocycles. The number of sulfonamides is 1. The highest BCUT2D eigenvalue weighted by Crippen LogP contribution is 2.29. The zero-order valence-electron chi connectivity index (χ0n) is 16.0. The second kappa shape index (κ2) is 9.20. The van der Waals surface area contributed by atoms with Gasteiger partial charge in [-0.1, -0.05) is 12.1 Å². The van der Waals surface area contributed by atoms with Gasteiger partial charge in [0, 0.05) is 18.4 Å². The van der Waals surface area contributed by atoms with Crippen LogP contribution >= 0.6 is 0 Å². The molecule has 8 nitrogen and oxygen atoms in total. The molecular formula is C19H25N3O5S. The Morgan fingerprint density at radius 1 is 1.07 bits per heavy atom. The first-order valence-electron chi connectivity index (χ1n) is 9.29. The normalized spacial score (nSPS) is 19.8. The van der Waals surface area contributed by atoms with Gasteiger partial charge in [-0.15, -0.1) is 0 Å². The van der Waals surface area contributed by atoms with Crippen molar-refractivity contribution in [2.45, 2.75) is 49.6 Å². The van der Waals surface area contributed by atoms with Crippen LogP contribution in [0.4, 0.5) is 0 Å². The first-order valence-corrected chi connectivity index (χ1v) is 10.8. The Morgan fingerprint density at radius 3 is 2.43 bits per heavy atom. The van der Waals surface area contributed by atoms with Crippen molar-refractivity contribution in [3.8, 4) is 17.5 Å². The number of methoxy groups -OCH3 is 1. The van der Waals surface area contributed by atoms with E-state index in [1.54, 1.807) is 30.5 Å². The molecule has 1 aromatic carbocycles. The van der Waals surface area contributed by atoms with E-state index in [9.17, 15) is 8.42 Å². The van der Waals surface area contributed by atoms with E-state index in [-0.39, 0.29) is 17.0 Å². The van der Waals surface area contributed by atoms with Crippen LogP contribution in [0.15, 0.2) is 41.6 Å². The maximum atomic E-state index is 12.8. The summed E-state index contributed by atoms with van der Waals surface area (Å²) in [6, 6.07) is 6.52. The molecule has 0 bridgehead atoms. The average Bonchev–Trinajstić information content (AvgIpc) is 2.70. The summed E-state index contributed by atoms with van der Waals surface area (Å²) < 4.78 is 44.9. The van der Waals surface area contributed by atoms with Crippen LogP contribution in [-0.4, -0.2) is 44.2 Å². The molecule has 1 aliphatic rings. The molecule has 0 spiro atoms. The largest absolute Gasteiger partial charge is 0.492 e. The molecule has 1 heterocycles. The van der Waals surface area contributed by atoms with Gasteiger partial charge in [-0.2, -0.15) is 0 Å². The Balaban J connectivity index is 1.59. The molecule has 9 heteroatoms. The van der Waals surface area contributed by atoms with Gasteiger partial charge in [0.15, 0.2) is 0 Å². The van der Waals surface area contributed by atoms with E-state index >= 15 is 0 Å². The van der Waals surface area contributed by atoms with E-state index < -0.39 is 10.0 Å². The van der Waals surface area contributed by atoms with Crippen molar-refractivity contribution in [3.63, 3.8) is 0 Å². The molecule has 0 amide bonds. The van der Waals surface area contributed by atoms with Crippen molar-refractivity contribution < 1.29 is 22.6 Å². The van der Waals surface area contributed by atoms with Gasteiger partial charge in [-0.3, -0.25) is 0 Å². The number of aromatic nitrogens is 2. The highest BCUT2D eigenvalue weighted by atomic mass is 32.2. The van der Waals surface area contributed by atoms with Crippen molar-refractivity contribution >= 4 is 10.0 Å². The summed E-state index contributed by atoms with van der Waals surface area (Å²) >= 11 is 0. The van der Waals surface area contributed by atoms with E-state index in [1.165, 1.54) is 13.3 Å². The second-order valence-electron chi connectivity index (χ2n) is 6.46. The maximum Gasteiger partial charge on any atom is 0.278 e. The van der Waals surface area contributed by atoms with Crippen LogP contribution in [0.3, 0.4) is 0 Å². The number of rotatable bonds is 8. The molecule has 28 heavy (non-hydrogen) atoms. The number of hydrogen-bond acceptors (Lipinski definition) is 7. The molecule has 1 fully saturated rings. The standard InChI is InChI=1S/C19H25N3O5S/c1-3-26-16-6-4-5-7-17(16)28(23,24)22-14-8-10-15(11-9-14)27-19-18(25-2)20-12-13-21-19/h4-7,12-15,22H,3,8-11H2,1-2H3. The zero-order chi connectivity index (χ0) is 20.0. The van der Waals surface area contributed by atoms with Crippen LogP contribution in [0.25, 0.3) is 0 Å². The van der Waals surface area contributed by atoms with Gasteiger partial charge in [0.2, 0.25) is 10.0 Å². The minimum atomic E-state index is -3.66. The summed E-state index contributed by atoms with van der Waals surface area (Å²) in [5.41, 5.74) is 0. The van der Waals surface area contributed by atoms with Gasteiger partial charge in [-0.05, 0) is 44.7 Å². The van der Waals surface area contributed by atoms with Crippen LogP contribution < -0.4 is 18.9 Å². The number of nitrogens with zero attached hydrogens (tertiary/aromatic N) is 2. The van der Waals surface area contributed by atoms with Crippen LogP contribution in [0.1, 0.15) is 32.6 Å². The lowest BCUT2D eigenvalue weighted by molar-refractivity contribution is 0.132. The lowest BCUT2D eigenvalue weighted by Gasteiger charge is -2.29. The van der Waals surface area contributed by atoms with Gasteiger partial charge in [0.25, 0.3) is 11.8 Å². The quantitative estimate of drug-likeness (QED) is 0.718. The molecule has 1 saturated carbocycles. The zero-order valence-corrected chi connectivity index (χ0v) is 16.8. The Kier molecular flexibility index (Phi) is 6.69. The molecular weight excluding hydrogens is 382 g/mol. The molecule has 0 unspecified atom stereocenters. The van der Waals surface area contributed by atoms with Crippen molar-refractivity contribution in [1.82, 2.24) is 14.7 Å². The fourth-order valence-electron chi connectivity index (χ4n) is 3.22. The van der Waals surface area contributed by atoms with E-state index in [4.69, 9.17) is 14.2 Å². The van der Waals surface area contributed by atoms with Gasteiger partial charge < -0.3 is 14.2 Å². The summed E-state index contributed by atoms with van der Waals surface area (Å²) in [6.07, 6.45) is 5.79. The van der Waals surface area contributed by atoms with E-state index in [1.807, 2.05) is 6.92 Å². The number of benzene rings is 1. The highest BCUT2D eigenvalue weighted by Gasteiger charge is 2.28. The smallest absolute Gasteiger partial charge is 0.278 e. The molecule has 2 aromatic rings. The predicted octanol–water partition coefficient (Wildman–Crippen LogP) is 2.55. The molecule has 0 radical (unpaired) electrons. The van der Waals surface area contributed by atoms with Crippen LogP contribution in [0.2, 0.25) is 0 Å². The average molecular weight is 407 g/mol. The minimum Gasteiger partial charge on any atom is -0.492 e. The molecule has 1 aliphatic carbocycles. The fraction of sp³-hybridized carbons (Fsp3) is 0.474. The van der Waals surface area contributed by atoms with Crippen molar-refractivity contribution in [2.24, 2.45) is 0 Å². The number of ether oxygens (including phenoxy) is 3. The molecule has 1 aromatic heterocycles. The third-order valence-electron chi connectivity index (χ3n) is 4.54. The third-order valence-corrected chi connectivity index (χ3v) is 6.10. The lowest BCUT2D eigenvalue weighted by Crippen LogP contribution is -2.39. The molecule has 0 atom stereocenters. The highest BCUT2D eigenvalue weighted by molar-refractivity contribution is 7.89. The maximum absolute atomic E-state index is 12.8. The summed E-state index contributed by atoms with van der Waals surface area (Å²) in [4.78, 5) is 8.39. The summed E-state index contributed by atoms with van der Waals surface area (Å²) in [7, 11) is -2.14. The van der Waals surface area contributed by atoms with E-state index in [0.717, 1.165) is 0 Å². The monoisotopic (exact) mass is 407 g/mol. The Hall–Kier alpha value is -2.39. The first-order chi connectivity index (χ1) is 13.5. The number of hydrogen-bond donors (Lipinski definition) is 1. The number of nitrogens with one attached hydrogen (secondary N) is 1. The summed E-state index contributed by atoms with van der Waals surface area (Å²) in [5.74, 6) is 1.07.